The Kier molecular flexibility index (Phi) is 5.53. The summed E-state index contributed by atoms with van der Waals surface area (Å²) >= 11 is 0. The van der Waals surface area contributed by atoms with Crippen LogP contribution in [0.1, 0.15) is 11.0 Å². The highest BCUT2D eigenvalue weighted by Gasteiger charge is 2.20. The lowest BCUT2D eigenvalue weighted by atomic mass is 9.95. The third-order valence-electron chi connectivity index (χ3n) is 10.4. The minimum atomic E-state index is -0.423. The minimum absolute atomic E-state index is 0.0438. The van der Waals surface area contributed by atoms with Gasteiger partial charge < -0.3 is 13.9 Å². The zero-order valence-corrected chi connectivity index (χ0v) is 29.3. The van der Waals surface area contributed by atoms with Crippen LogP contribution in [0.15, 0.2) is 210 Å². The van der Waals surface area contributed by atoms with Crippen molar-refractivity contribution in [1.29, 1.82) is 0 Å². The first-order chi connectivity index (χ1) is 30.7. The molecule has 2 heterocycles. The monoisotopic (exact) mass is 710 g/mol. The molecule has 55 heavy (non-hydrogen) atoms. The third-order valence-corrected chi connectivity index (χ3v) is 10.4. The molecule has 3 nitrogen and oxygen atoms in total. The van der Waals surface area contributed by atoms with Crippen molar-refractivity contribution in [2.24, 2.45) is 0 Å². The second kappa shape index (κ2) is 12.6. The van der Waals surface area contributed by atoms with E-state index < -0.39 is 24.2 Å². The molecule has 2 aromatic heterocycles. The number of rotatable bonds is 6. The van der Waals surface area contributed by atoms with E-state index >= 15 is 0 Å². The molecule has 0 saturated heterocycles. The Morgan fingerprint density at radius 2 is 0.945 bits per heavy atom. The van der Waals surface area contributed by atoms with Gasteiger partial charge in [-0.1, -0.05) is 139 Å². The Morgan fingerprint density at radius 1 is 0.400 bits per heavy atom. The van der Waals surface area contributed by atoms with Crippen molar-refractivity contribution in [3.63, 3.8) is 0 Å². The summed E-state index contributed by atoms with van der Waals surface area (Å²) in [7, 11) is 0. The van der Waals surface area contributed by atoms with E-state index in [-0.39, 0.29) is 46.8 Å². The molecule has 0 spiro atoms. The lowest BCUT2D eigenvalue weighted by Gasteiger charge is -2.28. The maximum atomic E-state index is 9.82. The van der Waals surface area contributed by atoms with Crippen LogP contribution in [0.2, 0.25) is 0 Å². The van der Waals surface area contributed by atoms with E-state index in [2.05, 4.69) is 0 Å². The average molecular weight is 711 g/mol. The highest BCUT2D eigenvalue weighted by molar-refractivity contribution is 6.18. The summed E-state index contributed by atoms with van der Waals surface area (Å²) < 4.78 is 85.2. The van der Waals surface area contributed by atoms with Crippen LogP contribution in [0.3, 0.4) is 0 Å². The largest absolute Gasteiger partial charge is 0.455 e. The van der Waals surface area contributed by atoms with E-state index in [1.807, 2.05) is 121 Å². The van der Waals surface area contributed by atoms with Crippen molar-refractivity contribution in [3.05, 3.63) is 206 Å². The number of aromatic nitrogens is 1. The maximum absolute atomic E-state index is 9.82. The van der Waals surface area contributed by atoms with Gasteiger partial charge in [-0.25, -0.2) is 0 Å². The summed E-state index contributed by atoms with van der Waals surface area (Å²) in [6, 6.07) is 46.1. The molecule has 0 saturated carbocycles. The maximum Gasteiger partial charge on any atom is 0.143 e. The van der Waals surface area contributed by atoms with Gasteiger partial charge in [-0.3, -0.25) is 0 Å². The van der Waals surface area contributed by atoms with Gasteiger partial charge in [0.2, 0.25) is 0 Å². The number of hydrogen-bond acceptors (Lipinski definition) is 2. The summed E-state index contributed by atoms with van der Waals surface area (Å²) in [5.74, 6) is 0. The minimum Gasteiger partial charge on any atom is -0.455 e. The van der Waals surface area contributed by atoms with E-state index in [4.69, 9.17) is 4.42 Å². The molecular weight excluding hydrogens is 669 g/mol. The third kappa shape index (κ3) is 5.05. The average Bonchev–Trinajstić information content (AvgIpc) is 3.86. The molecule has 0 unspecified atom stereocenters. The Hall–Kier alpha value is -7.36. The highest BCUT2D eigenvalue weighted by atomic mass is 16.3. The number of fused-ring (bicyclic) bond motifs is 8. The molecule has 3 heteroatoms. The summed E-state index contributed by atoms with van der Waals surface area (Å²) in [5.41, 5.74) is 4.74. The Labute approximate surface area is 329 Å². The van der Waals surface area contributed by atoms with Crippen molar-refractivity contribution in [2.45, 2.75) is 0 Å². The van der Waals surface area contributed by atoms with Crippen LogP contribution in [0, 0.1) is 0 Å². The fourth-order valence-electron chi connectivity index (χ4n) is 7.88. The molecule has 0 bridgehead atoms. The first kappa shape index (κ1) is 24.1. The predicted octanol–water partition coefficient (Wildman–Crippen LogP) is 14.6. The molecule has 0 aliphatic heterocycles. The highest BCUT2D eigenvalue weighted by Crippen LogP contribution is 2.45. The van der Waals surface area contributed by atoms with Crippen LogP contribution >= 0.6 is 0 Å². The van der Waals surface area contributed by atoms with Crippen LogP contribution < -0.4 is 4.90 Å². The second-order valence-electron chi connectivity index (χ2n) is 13.5. The van der Waals surface area contributed by atoms with Gasteiger partial charge in [-0.2, -0.15) is 0 Å². The summed E-state index contributed by atoms with van der Waals surface area (Å²) in [4.78, 5) is 1.39. The number of para-hydroxylation sites is 4. The quantitative estimate of drug-likeness (QED) is 0.171. The van der Waals surface area contributed by atoms with Crippen LogP contribution in [0.5, 0.6) is 0 Å². The smallest absolute Gasteiger partial charge is 0.143 e. The zero-order chi connectivity index (χ0) is 43.3. The fraction of sp³-hybridized carbons (Fsp3) is 0. The zero-order valence-electron chi connectivity index (χ0n) is 37.3. The molecule has 9 aromatic carbocycles. The molecule has 0 atom stereocenters. The second-order valence-corrected chi connectivity index (χ2v) is 13.5. The first-order valence-corrected chi connectivity index (χ1v) is 18.1. The summed E-state index contributed by atoms with van der Waals surface area (Å²) in [6.45, 7) is 0. The number of hydrogen-bond donors (Lipinski definition) is 0. The van der Waals surface area contributed by atoms with Gasteiger partial charge in [-0.15, -0.1) is 0 Å². The summed E-state index contributed by atoms with van der Waals surface area (Å²) in [6.07, 6.45) is 0. The van der Waals surface area contributed by atoms with Crippen molar-refractivity contribution in [1.82, 2.24) is 4.57 Å². The normalized spacial score (nSPS) is 13.7. The Morgan fingerprint density at radius 3 is 1.69 bits per heavy atom. The molecule has 0 aliphatic rings. The van der Waals surface area contributed by atoms with Gasteiger partial charge in [0, 0.05) is 49.6 Å². The first-order valence-electron chi connectivity index (χ1n) is 22.1. The lowest BCUT2D eigenvalue weighted by Crippen LogP contribution is -2.11. The van der Waals surface area contributed by atoms with Crippen LogP contribution in [0.4, 0.5) is 17.1 Å². The number of furan rings is 1. The molecule has 0 amide bonds. The van der Waals surface area contributed by atoms with Crippen molar-refractivity contribution >= 4 is 71.6 Å². The van der Waals surface area contributed by atoms with Crippen LogP contribution in [0.25, 0.3) is 82.5 Å². The van der Waals surface area contributed by atoms with Gasteiger partial charge in [0.25, 0.3) is 0 Å². The molecule has 11 rings (SSSR count). The number of benzene rings is 9. The van der Waals surface area contributed by atoms with Gasteiger partial charge >= 0.3 is 0 Å². The topological polar surface area (TPSA) is 21.3 Å². The predicted molar refractivity (Wildman–Crippen MR) is 231 cm³/mol. The number of nitrogens with zero attached hydrogens (tertiary/aromatic N) is 2. The van der Waals surface area contributed by atoms with Gasteiger partial charge in [0.05, 0.1) is 27.7 Å². The number of anilines is 3. The van der Waals surface area contributed by atoms with E-state index in [1.54, 1.807) is 41.0 Å². The van der Waals surface area contributed by atoms with E-state index in [0.717, 1.165) is 43.5 Å². The Balaban J connectivity index is 1.22. The van der Waals surface area contributed by atoms with Gasteiger partial charge in [-0.05, 0) is 88.7 Å². The van der Waals surface area contributed by atoms with Crippen LogP contribution in [-0.4, -0.2) is 4.57 Å². The Bertz CT molecular complexity index is 3580. The van der Waals surface area contributed by atoms with Crippen molar-refractivity contribution in [2.75, 3.05) is 4.90 Å². The lowest BCUT2D eigenvalue weighted by molar-refractivity contribution is 0.672. The van der Waals surface area contributed by atoms with Gasteiger partial charge in [0.15, 0.2) is 0 Å². The molecule has 0 fully saturated rings. The summed E-state index contributed by atoms with van der Waals surface area (Å²) in [5, 5.41) is 5.40. The molecular formula is C52H34N2O. The molecule has 0 radical (unpaired) electrons. The fourth-order valence-corrected chi connectivity index (χ4v) is 7.88. The van der Waals surface area contributed by atoms with Gasteiger partial charge in [0.1, 0.15) is 11.2 Å². The van der Waals surface area contributed by atoms with Crippen molar-refractivity contribution < 1.29 is 15.4 Å². The van der Waals surface area contributed by atoms with Crippen LogP contribution in [-0.2, 0) is 0 Å². The van der Waals surface area contributed by atoms with E-state index in [9.17, 15) is 11.0 Å². The van der Waals surface area contributed by atoms with E-state index in [0.29, 0.717) is 33.4 Å². The standard InChI is InChI=1S/C52H34N2O/c1-2-13-35(14-3-1)36-25-27-37(28-26-36)53(38-29-31-39(32-30-38)54-49-22-9-5-16-43(49)44-17-6-10-23-50(44)54)48-21-8-4-15-42(48)40-19-12-20-46-41(40)33-34-47-45-18-7-11-24-51(45)55-52(46)47/h1-34H/i25D,26D,27D,28D,29D,30D,31D,32D. The molecule has 11 aromatic rings. The molecule has 258 valence electrons. The van der Waals surface area contributed by atoms with Crippen molar-refractivity contribution in [3.8, 4) is 27.9 Å². The molecule has 0 aliphatic carbocycles. The SMILES string of the molecule is [2H]c1c([2H])c(N(c2ccccc2-c2cccc3c2ccc2c4ccccc4oc32)c2c([2H])c([2H])c(-n3c4ccccc4c4ccccc43)c([2H])c2[2H])c([2H])c([2H])c1-c1ccccc1. The molecule has 0 N–H and O–H groups in total. The van der Waals surface area contributed by atoms with E-state index in [1.165, 1.54) is 4.90 Å².